The van der Waals surface area contributed by atoms with Crippen molar-refractivity contribution < 1.29 is 13.2 Å². The molecule has 0 aromatic carbocycles. The Morgan fingerprint density at radius 3 is 2.75 bits per heavy atom. The molecule has 0 aliphatic carbocycles. The van der Waals surface area contributed by atoms with Crippen molar-refractivity contribution in [2.45, 2.75) is 31.8 Å². The van der Waals surface area contributed by atoms with E-state index >= 15 is 0 Å². The number of carbonyl (C=O) groups excluding carboxylic acids is 1. The first kappa shape index (κ1) is 13.4. The highest BCUT2D eigenvalue weighted by Crippen LogP contribution is 2.19. The second-order valence-electron chi connectivity index (χ2n) is 4.10. The summed E-state index contributed by atoms with van der Waals surface area (Å²) in [6.07, 6.45) is 1.56. The second-order valence-corrected chi connectivity index (χ2v) is 6.07. The molecule has 0 aromatic heterocycles. The van der Waals surface area contributed by atoms with Crippen LogP contribution in [-0.2, 0) is 14.8 Å². The highest BCUT2D eigenvalue weighted by atomic mass is 32.2. The molecular weight excluding hydrogens is 230 g/mol. The molecule has 2 atom stereocenters. The van der Waals surface area contributed by atoms with Crippen molar-refractivity contribution in [3.8, 4) is 0 Å². The predicted octanol–water partition coefficient (Wildman–Crippen LogP) is -1.13. The molecule has 1 saturated heterocycles. The Kier molecular flexibility index (Phi) is 4.28. The van der Waals surface area contributed by atoms with Crippen LogP contribution in [0.3, 0.4) is 0 Å². The van der Waals surface area contributed by atoms with E-state index in [1.54, 1.807) is 11.8 Å². The summed E-state index contributed by atoms with van der Waals surface area (Å²) in [6.45, 7) is 2.22. The van der Waals surface area contributed by atoms with Gasteiger partial charge >= 0.3 is 0 Å². The smallest absolute Gasteiger partial charge is 0.239 e. The van der Waals surface area contributed by atoms with Crippen LogP contribution >= 0.6 is 0 Å². The summed E-state index contributed by atoms with van der Waals surface area (Å²) >= 11 is 0. The largest absolute Gasteiger partial charge is 0.337 e. The number of hydrogen-bond donors (Lipinski definition) is 2. The zero-order chi connectivity index (χ0) is 12.3. The third-order valence-corrected chi connectivity index (χ3v) is 4.22. The van der Waals surface area contributed by atoms with E-state index < -0.39 is 16.1 Å². The van der Waals surface area contributed by atoms with E-state index in [0.29, 0.717) is 6.54 Å². The van der Waals surface area contributed by atoms with E-state index in [9.17, 15) is 13.2 Å². The topological polar surface area (TPSA) is 92.5 Å². The summed E-state index contributed by atoms with van der Waals surface area (Å²) in [5, 5.41) is 0. The quantitative estimate of drug-likeness (QED) is 0.659. The maximum atomic E-state index is 11.7. The van der Waals surface area contributed by atoms with Gasteiger partial charge in [-0.1, -0.05) is 0 Å². The summed E-state index contributed by atoms with van der Waals surface area (Å²) in [5.74, 6) is -0.212. The Hall–Kier alpha value is -0.660. The minimum Gasteiger partial charge on any atom is -0.337 e. The standard InChI is InChI=1S/C9H19N3O3S/c1-7(10)9(13)12-5-3-4-8(12)6-16(14,15)11-2/h7-8,11H,3-6,10H2,1-2H3/t7-,8?/m1/s1. The Morgan fingerprint density at radius 1 is 1.62 bits per heavy atom. The van der Waals surface area contributed by atoms with E-state index in [1.807, 2.05) is 0 Å². The van der Waals surface area contributed by atoms with Crippen molar-refractivity contribution in [2.24, 2.45) is 5.73 Å². The van der Waals surface area contributed by atoms with Crippen LogP contribution in [0.4, 0.5) is 0 Å². The van der Waals surface area contributed by atoms with Crippen molar-refractivity contribution >= 4 is 15.9 Å². The first-order chi connectivity index (χ1) is 7.37. The van der Waals surface area contributed by atoms with Crippen LogP contribution in [0.1, 0.15) is 19.8 Å². The SMILES string of the molecule is CNS(=O)(=O)CC1CCCN1C(=O)[C@@H](C)N. The van der Waals surface area contributed by atoms with Gasteiger partial charge in [-0.3, -0.25) is 4.79 Å². The van der Waals surface area contributed by atoms with E-state index in [4.69, 9.17) is 5.73 Å². The maximum Gasteiger partial charge on any atom is 0.239 e. The van der Waals surface area contributed by atoms with Crippen LogP contribution in [0.5, 0.6) is 0 Å². The zero-order valence-corrected chi connectivity index (χ0v) is 10.5. The van der Waals surface area contributed by atoms with Gasteiger partial charge < -0.3 is 10.6 Å². The number of nitrogens with zero attached hydrogens (tertiary/aromatic N) is 1. The van der Waals surface area contributed by atoms with Gasteiger partial charge in [0.25, 0.3) is 0 Å². The number of hydrogen-bond acceptors (Lipinski definition) is 4. The predicted molar refractivity (Wildman–Crippen MR) is 61.2 cm³/mol. The van der Waals surface area contributed by atoms with Gasteiger partial charge in [0.05, 0.1) is 11.8 Å². The van der Waals surface area contributed by atoms with Gasteiger partial charge in [0, 0.05) is 12.6 Å². The molecule has 94 valence electrons. The number of carbonyl (C=O) groups is 1. The average Bonchev–Trinajstić information content (AvgIpc) is 2.64. The first-order valence-corrected chi connectivity index (χ1v) is 7.00. The van der Waals surface area contributed by atoms with Crippen LogP contribution in [0.25, 0.3) is 0 Å². The number of amides is 1. The van der Waals surface area contributed by atoms with Gasteiger partial charge in [0.15, 0.2) is 0 Å². The lowest BCUT2D eigenvalue weighted by molar-refractivity contribution is -0.132. The minimum absolute atomic E-state index is 0.0397. The summed E-state index contributed by atoms with van der Waals surface area (Å²) < 4.78 is 25.1. The van der Waals surface area contributed by atoms with Crippen LogP contribution < -0.4 is 10.5 Å². The summed E-state index contributed by atoms with van der Waals surface area (Å²) in [7, 11) is -1.90. The first-order valence-electron chi connectivity index (χ1n) is 5.34. The highest BCUT2D eigenvalue weighted by Gasteiger charge is 2.32. The van der Waals surface area contributed by atoms with Gasteiger partial charge in [0.1, 0.15) is 0 Å². The van der Waals surface area contributed by atoms with E-state index in [0.717, 1.165) is 12.8 Å². The van der Waals surface area contributed by atoms with E-state index in [2.05, 4.69) is 4.72 Å². The molecule has 1 heterocycles. The Balaban J connectivity index is 2.70. The van der Waals surface area contributed by atoms with Crippen molar-refractivity contribution in [1.29, 1.82) is 0 Å². The number of nitrogens with two attached hydrogens (primary N) is 1. The van der Waals surface area contributed by atoms with Crippen molar-refractivity contribution in [3.63, 3.8) is 0 Å². The number of rotatable bonds is 4. The van der Waals surface area contributed by atoms with Crippen LogP contribution in [0.2, 0.25) is 0 Å². The lowest BCUT2D eigenvalue weighted by atomic mass is 10.2. The van der Waals surface area contributed by atoms with Crippen molar-refractivity contribution in [1.82, 2.24) is 9.62 Å². The Morgan fingerprint density at radius 2 is 2.25 bits per heavy atom. The molecule has 1 aliphatic heterocycles. The average molecular weight is 249 g/mol. The molecule has 1 unspecified atom stereocenters. The molecule has 1 fully saturated rings. The third-order valence-electron chi connectivity index (χ3n) is 2.77. The molecule has 0 saturated carbocycles. The fourth-order valence-corrected chi connectivity index (χ4v) is 2.92. The van der Waals surface area contributed by atoms with E-state index in [1.165, 1.54) is 7.05 Å². The second kappa shape index (κ2) is 5.11. The molecule has 0 aromatic rings. The molecule has 0 bridgehead atoms. The molecule has 16 heavy (non-hydrogen) atoms. The fraction of sp³-hybridized carbons (Fsp3) is 0.889. The van der Waals surface area contributed by atoms with Crippen molar-refractivity contribution in [3.05, 3.63) is 0 Å². The Bertz CT molecular complexity index is 353. The Labute approximate surface area is 96.2 Å². The minimum atomic E-state index is -3.28. The summed E-state index contributed by atoms with van der Waals surface area (Å²) in [5.41, 5.74) is 5.52. The molecule has 1 rings (SSSR count). The van der Waals surface area contributed by atoms with Crippen LogP contribution in [0.15, 0.2) is 0 Å². The maximum absolute atomic E-state index is 11.7. The number of sulfonamides is 1. The number of likely N-dealkylation sites (tertiary alicyclic amines) is 1. The van der Waals surface area contributed by atoms with Gasteiger partial charge in [0.2, 0.25) is 15.9 Å². The van der Waals surface area contributed by atoms with Crippen molar-refractivity contribution in [2.75, 3.05) is 19.3 Å². The van der Waals surface area contributed by atoms with Gasteiger partial charge in [-0.2, -0.15) is 0 Å². The lowest BCUT2D eigenvalue weighted by Gasteiger charge is -2.25. The monoisotopic (exact) mass is 249 g/mol. The lowest BCUT2D eigenvalue weighted by Crippen LogP contribution is -2.47. The molecule has 0 radical (unpaired) electrons. The molecule has 0 spiro atoms. The highest BCUT2D eigenvalue weighted by molar-refractivity contribution is 7.89. The van der Waals surface area contributed by atoms with Gasteiger partial charge in [-0.25, -0.2) is 13.1 Å². The molecule has 1 amide bonds. The normalized spacial score (nSPS) is 23.4. The third kappa shape index (κ3) is 3.16. The molecular formula is C9H19N3O3S. The summed E-state index contributed by atoms with van der Waals surface area (Å²) in [4.78, 5) is 13.3. The molecule has 7 heteroatoms. The fourth-order valence-electron chi connectivity index (χ4n) is 1.90. The molecule has 6 nitrogen and oxygen atoms in total. The zero-order valence-electron chi connectivity index (χ0n) is 9.64. The van der Waals surface area contributed by atoms with Crippen LogP contribution in [0, 0.1) is 0 Å². The summed E-state index contributed by atoms with van der Waals surface area (Å²) in [6, 6.07) is -0.811. The van der Waals surface area contributed by atoms with Crippen LogP contribution in [-0.4, -0.2) is 50.7 Å². The molecule has 3 N–H and O–H groups in total. The molecule has 1 aliphatic rings. The van der Waals surface area contributed by atoms with E-state index in [-0.39, 0.29) is 17.7 Å². The van der Waals surface area contributed by atoms with Gasteiger partial charge in [-0.15, -0.1) is 0 Å². The van der Waals surface area contributed by atoms with Gasteiger partial charge in [-0.05, 0) is 26.8 Å². The number of nitrogens with one attached hydrogen (secondary N) is 1.